The molecule has 0 aliphatic carbocycles. The average molecular weight is 300 g/mol. The molecular formula is C14H22ClN3O2. The molecule has 1 aromatic heterocycles. The Bertz CT molecular complexity index is 579. The van der Waals surface area contributed by atoms with Gasteiger partial charge in [0.2, 0.25) is 0 Å². The van der Waals surface area contributed by atoms with E-state index < -0.39 is 5.69 Å². The van der Waals surface area contributed by atoms with Crippen LogP contribution < -0.4 is 11.2 Å². The third kappa shape index (κ3) is 3.15. The van der Waals surface area contributed by atoms with Gasteiger partial charge < -0.3 is 4.90 Å². The van der Waals surface area contributed by atoms with Gasteiger partial charge in [0.25, 0.3) is 5.56 Å². The summed E-state index contributed by atoms with van der Waals surface area (Å²) in [4.78, 5) is 29.3. The molecule has 1 unspecified atom stereocenters. The highest BCUT2D eigenvalue weighted by Gasteiger charge is 2.23. The number of H-pyrrole nitrogens is 1. The lowest BCUT2D eigenvalue weighted by atomic mass is 10.1. The Kier molecular flexibility index (Phi) is 5.05. The van der Waals surface area contributed by atoms with Gasteiger partial charge in [-0.2, -0.15) is 0 Å². The zero-order valence-corrected chi connectivity index (χ0v) is 12.9. The van der Waals surface area contributed by atoms with Crippen LogP contribution in [0, 0.1) is 5.92 Å². The average Bonchev–Trinajstić information content (AvgIpc) is 2.87. The van der Waals surface area contributed by atoms with Crippen molar-refractivity contribution in [1.29, 1.82) is 0 Å². The Morgan fingerprint density at radius 3 is 2.70 bits per heavy atom. The minimum atomic E-state index is -0.394. The first-order valence-electron chi connectivity index (χ1n) is 7.30. The third-order valence-electron chi connectivity index (χ3n) is 3.99. The van der Waals surface area contributed by atoms with Crippen LogP contribution in [0.25, 0.3) is 0 Å². The normalized spacial score (nSPS) is 19.6. The van der Waals surface area contributed by atoms with Gasteiger partial charge >= 0.3 is 5.69 Å². The molecule has 112 valence electrons. The second-order valence-electron chi connectivity index (χ2n) is 5.44. The summed E-state index contributed by atoms with van der Waals surface area (Å²) in [7, 11) is 0. The van der Waals surface area contributed by atoms with Crippen molar-refractivity contribution in [3.05, 3.63) is 31.6 Å². The minimum Gasteiger partial charge on any atom is -0.303 e. The highest BCUT2D eigenvalue weighted by Crippen LogP contribution is 2.17. The molecule has 0 radical (unpaired) electrons. The van der Waals surface area contributed by atoms with E-state index in [1.54, 1.807) is 0 Å². The lowest BCUT2D eigenvalue weighted by Crippen LogP contribution is -2.39. The second-order valence-corrected chi connectivity index (χ2v) is 5.81. The van der Waals surface area contributed by atoms with Crippen molar-refractivity contribution in [2.24, 2.45) is 5.92 Å². The Hall–Kier alpha value is -1.07. The molecule has 0 amide bonds. The van der Waals surface area contributed by atoms with Crippen molar-refractivity contribution < 1.29 is 0 Å². The number of aromatic amines is 1. The van der Waals surface area contributed by atoms with Crippen LogP contribution >= 0.6 is 11.6 Å². The molecule has 1 atom stereocenters. The monoisotopic (exact) mass is 299 g/mol. The Morgan fingerprint density at radius 1 is 1.35 bits per heavy atom. The molecule has 20 heavy (non-hydrogen) atoms. The predicted molar refractivity (Wildman–Crippen MR) is 80.5 cm³/mol. The number of halogens is 1. The van der Waals surface area contributed by atoms with E-state index in [4.69, 9.17) is 11.6 Å². The summed E-state index contributed by atoms with van der Waals surface area (Å²) < 4.78 is 1.32. The smallest absolute Gasteiger partial charge is 0.303 e. The number of likely N-dealkylation sites (tertiary alicyclic amines) is 1. The quantitative estimate of drug-likeness (QED) is 0.838. The summed E-state index contributed by atoms with van der Waals surface area (Å²) in [6.07, 6.45) is 2.46. The molecule has 1 N–H and O–H groups in total. The first-order valence-corrected chi connectivity index (χ1v) is 7.68. The fourth-order valence-corrected chi connectivity index (χ4v) is 3.08. The molecule has 0 bridgehead atoms. The fraction of sp³-hybridized carbons (Fsp3) is 0.714. The number of rotatable bonds is 5. The molecule has 0 saturated carbocycles. The van der Waals surface area contributed by atoms with E-state index in [2.05, 4.69) is 16.8 Å². The second kappa shape index (κ2) is 6.59. The van der Waals surface area contributed by atoms with Gasteiger partial charge in [-0.3, -0.25) is 14.3 Å². The molecule has 1 aromatic rings. The molecule has 6 heteroatoms. The zero-order valence-electron chi connectivity index (χ0n) is 12.1. The van der Waals surface area contributed by atoms with Crippen LogP contribution in [0.3, 0.4) is 0 Å². The summed E-state index contributed by atoms with van der Waals surface area (Å²) in [5.41, 5.74) is -0.0931. The van der Waals surface area contributed by atoms with Crippen molar-refractivity contribution >= 4 is 11.6 Å². The summed E-state index contributed by atoms with van der Waals surface area (Å²) in [5.74, 6) is 0.365. The third-order valence-corrected chi connectivity index (χ3v) is 4.31. The van der Waals surface area contributed by atoms with E-state index in [1.807, 2.05) is 6.92 Å². The first kappa shape index (κ1) is 15.3. The summed E-state index contributed by atoms with van der Waals surface area (Å²) in [6, 6.07) is 0. The maximum Gasteiger partial charge on any atom is 0.329 e. The van der Waals surface area contributed by atoms with Gasteiger partial charge in [-0.05, 0) is 31.8 Å². The van der Waals surface area contributed by atoms with Gasteiger partial charge in [0.1, 0.15) is 5.15 Å². The number of nitrogens with one attached hydrogen (secondary N) is 1. The van der Waals surface area contributed by atoms with Crippen LogP contribution in [0.5, 0.6) is 0 Å². The van der Waals surface area contributed by atoms with Crippen molar-refractivity contribution in [3.63, 3.8) is 0 Å². The Balaban J connectivity index is 2.26. The first-order chi connectivity index (χ1) is 9.56. The summed E-state index contributed by atoms with van der Waals surface area (Å²) in [6.45, 7) is 7.61. The standard InChI is InChI=1S/C14H22ClN3O2/c1-3-5-11-12(15)16-14(20)18(13(11)19)9-10-6-7-17(4-2)8-10/h10H,3-9H2,1-2H3,(H,16,20). The van der Waals surface area contributed by atoms with E-state index in [0.29, 0.717) is 24.4 Å². The number of hydrogen-bond donors (Lipinski definition) is 1. The van der Waals surface area contributed by atoms with Crippen LogP contribution in [0.15, 0.2) is 9.59 Å². The van der Waals surface area contributed by atoms with Gasteiger partial charge in [0.15, 0.2) is 0 Å². The molecule has 0 aromatic carbocycles. The highest BCUT2D eigenvalue weighted by atomic mass is 35.5. The molecule has 1 aliphatic rings. The van der Waals surface area contributed by atoms with Gasteiger partial charge in [-0.15, -0.1) is 0 Å². The fourth-order valence-electron chi connectivity index (χ4n) is 2.83. The molecule has 2 heterocycles. The lowest BCUT2D eigenvalue weighted by molar-refractivity contribution is 0.330. The maximum atomic E-state index is 12.4. The van der Waals surface area contributed by atoms with Gasteiger partial charge in [-0.1, -0.05) is 31.9 Å². The number of aromatic nitrogens is 2. The zero-order chi connectivity index (χ0) is 14.7. The van der Waals surface area contributed by atoms with Gasteiger partial charge in [0.05, 0.1) is 5.56 Å². The Labute approximate surface area is 123 Å². The number of nitrogens with zero attached hydrogens (tertiary/aromatic N) is 2. The van der Waals surface area contributed by atoms with Gasteiger partial charge in [0, 0.05) is 13.1 Å². The molecule has 1 fully saturated rings. The van der Waals surface area contributed by atoms with E-state index >= 15 is 0 Å². The largest absolute Gasteiger partial charge is 0.329 e. The maximum absolute atomic E-state index is 12.4. The van der Waals surface area contributed by atoms with E-state index in [0.717, 1.165) is 32.5 Å². The molecule has 2 rings (SSSR count). The van der Waals surface area contributed by atoms with Crippen molar-refractivity contribution in [1.82, 2.24) is 14.5 Å². The van der Waals surface area contributed by atoms with Crippen LogP contribution in [-0.4, -0.2) is 34.1 Å². The highest BCUT2D eigenvalue weighted by molar-refractivity contribution is 6.30. The van der Waals surface area contributed by atoms with E-state index in [9.17, 15) is 9.59 Å². The van der Waals surface area contributed by atoms with Crippen molar-refractivity contribution in [2.75, 3.05) is 19.6 Å². The van der Waals surface area contributed by atoms with Crippen LogP contribution in [-0.2, 0) is 13.0 Å². The van der Waals surface area contributed by atoms with E-state index in [-0.39, 0.29) is 10.7 Å². The van der Waals surface area contributed by atoms with Gasteiger partial charge in [-0.25, -0.2) is 4.79 Å². The molecule has 5 nitrogen and oxygen atoms in total. The Morgan fingerprint density at radius 2 is 2.10 bits per heavy atom. The van der Waals surface area contributed by atoms with Crippen LogP contribution in [0.1, 0.15) is 32.3 Å². The summed E-state index contributed by atoms with van der Waals surface area (Å²) >= 11 is 5.97. The van der Waals surface area contributed by atoms with Crippen LogP contribution in [0.2, 0.25) is 5.15 Å². The molecule has 1 aliphatic heterocycles. The molecule has 1 saturated heterocycles. The molecular weight excluding hydrogens is 278 g/mol. The van der Waals surface area contributed by atoms with Crippen molar-refractivity contribution in [2.45, 2.75) is 39.7 Å². The summed E-state index contributed by atoms with van der Waals surface area (Å²) in [5, 5.41) is 0.194. The topological polar surface area (TPSA) is 58.1 Å². The van der Waals surface area contributed by atoms with Crippen LogP contribution in [0.4, 0.5) is 0 Å². The van der Waals surface area contributed by atoms with E-state index in [1.165, 1.54) is 4.57 Å². The molecule has 0 spiro atoms. The SMILES string of the molecule is CCCc1c(Cl)[nH]c(=O)n(CC2CCN(CC)C2)c1=O. The van der Waals surface area contributed by atoms with Crippen molar-refractivity contribution in [3.8, 4) is 0 Å². The predicted octanol–water partition coefficient (Wildman–Crippen LogP) is 1.48. The number of hydrogen-bond acceptors (Lipinski definition) is 3. The minimum absolute atomic E-state index is 0.194. The lowest BCUT2D eigenvalue weighted by Gasteiger charge is -2.14.